The predicted octanol–water partition coefficient (Wildman–Crippen LogP) is 3.70. The van der Waals surface area contributed by atoms with Crippen LogP contribution in [-0.2, 0) is 16.0 Å². The average Bonchev–Trinajstić information content (AvgIpc) is 2.38. The summed E-state index contributed by atoms with van der Waals surface area (Å²) in [6, 6.07) is 6.28. The fourth-order valence-corrected chi connectivity index (χ4v) is 2.01. The van der Waals surface area contributed by atoms with Crippen LogP contribution in [0.4, 0.5) is 0 Å². The lowest BCUT2D eigenvalue weighted by Gasteiger charge is -2.12. The monoisotopic (exact) mass is 264 g/mol. The molecule has 0 bridgehead atoms. The van der Waals surface area contributed by atoms with E-state index in [1.165, 1.54) is 5.56 Å². The number of ether oxygens (including phenoxy) is 2. The van der Waals surface area contributed by atoms with Crippen LogP contribution < -0.4 is 4.74 Å². The van der Waals surface area contributed by atoms with Gasteiger partial charge in [0.2, 0.25) is 0 Å². The predicted molar refractivity (Wildman–Crippen MR) is 76.7 cm³/mol. The van der Waals surface area contributed by atoms with Gasteiger partial charge in [-0.25, -0.2) is 0 Å². The summed E-state index contributed by atoms with van der Waals surface area (Å²) in [6.45, 7) is 6.62. The first kappa shape index (κ1) is 15.5. The lowest BCUT2D eigenvalue weighted by Crippen LogP contribution is -2.04. The molecule has 0 unspecified atom stereocenters. The zero-order valence-electron chi connectivity index (χ0n) is 12.4. The van der Waals surface area contributed by atoms with Crippen LogP contribution >= 0.6 is 0 Å². The van der Waals surface area contributed by atoms with Crippen molar-refractivity contribution < 1.29 is 14.3 Å². The van der Waals surface area contributed by atoms with E-state index in [1.807, 2.05) is 13.0 Å². The van der Waals surface area contributed by atoms with Gasteiger partial charge in [0.25, 0.3) is 0 Å². The molecule has 0 heterocycles. The van der Waals surface area contributed by atoms with Crippen LogP contribution in [-0.4, -0.2) is 19.7 Å². The Morgan fingerprint density at radius 3 is 2.63 bits per heavy atom. The molecular formula is C16H24O3. The van der Waals surface area contributed by atoms with Crippen molar-refractivity contribution in [3.8, 4) is 5.75 Å². The zero-order chi connectivity index (χ0) is 14.3. The van der Waals surface area contributed by atoms with E-state index in [0.29, 0.717) is 18.9 Å². The first-order valence-corrected chi connectivity index (χ1v) is 6.90. The summed E-state index contributed by atoms with van der Waals surface area (Å²) in [4.78, 5) is 11.3. The van der Waals surface area contributed by atoms with Crippen molar-refractivity contribution >= 4 is 5.97 Å². The van der Waals surface area contributed by atoms with Gasteiger partial charge in [0.1, 0.15) is 5.75 Å². The molecule has 3 nitrogen and oxygen atoms in total. The minimum atomic E-state index is -0.124. The second kappa shape index (κ2) is 7.82. The Balaban J connectivity index is 2.65. The molecule has 0 aliphatic heterocycles. The standard InChI is InChI=1S/C16H24O3/c1-5-19-16(17)8-6-7-14-11-13(12(2)3)9-10-15(14)18-4/h9-12H,5-8H2,1-4H3. The van der Waals surface area contributed by atoms with Crippen molar-refractivity contribution in [1.29, 1.82) is 0 Å². The SMILES string of the molecule is CCOC(=O)CCCc1cc(C(C)C)ccc1OC. The Bertz CT molecular complexity index is 410. The lowest BCUT2D eigenvalue weighted by atomic mass is 9.98. The number of hydrogen-bond donors (Lipinski definition) is 0. The van der Waals surface area contributed by atoms with Crippen LogP contribution in [0.15, 0.2) is 18.2 Å². The lowest BCUT2D eigenvalue weighted by molar-refractivity contribution is -0.143. The van der Waals surface area contributed by atoms with E-state index < -0.39 is 0 Å². The summed E-state index contributed by atoms with van der Waals surface area (Å²) in [7, 11) is 1.68. The normalized spacial score (nSPS) is 10.6. The highest BCUT2D eigenvalue weighted by atomic mass is 16.5. The maximum atomic E-state index is 11.3. The van der Waals surface area contributed by atoms with Crippen LogP contribution in [0, 0.1) is 0 Å². The molecule has 0 spiro atoms. The molecule has 0 fully saturated rings. The maximum Gasteiger partial charge on any atom is 0.305 e. The molecule has 0 saturated carbocycles. The molecule has 0 radical (unpaired) electrons. The van der Waals surface area contributed by atoms with Gasteiger partial charge in [0.15, 0.2) is 0 Å². The summed E-state index contributed by atoms with van der Waals surface area (Å²) in [5.74, 6) is 1.27. The van der Waals surface area contributed by atoms with Gasteiger partial charge in [-0.05, 0) is 42.9 Å². The second-order valence-corrected chi connectivity index (χ2v) is 4.88. The van der Waals surface area contributed by atoms with E-state index >= 15 is 0 Å². The third kappa shape index (κ3) is 4.93. The number of carbonyl (C=O) groups excluding carboxylic acids is 1. The Labute approximate surface area is 115 Å². The molecule has 0 atom stereocenters. The van der Waals surface area contributed by atoms with Gasteiger partial charge >= 0.3 is 5.97 Å². The summed E-state index contributed by atoms with van der Waals surface area (Å²) in [6.07, 6.45) is 2.09. The molecule has 0 amide bonds. The fraction of sp³-hybridized carbons (Fsp3) is 0.562. The smallest absolute Gasteiger partial charge is 0.305 e. The van der Waals surface area contributed by atoms with Crippen molar-refractivity contribution in [3.05, 3.63) is 29.3 Å². The molecule has 0 aromatic heterocycles. The number of methoxy groups -OCH3 is 1. The third-order valence-corrected chi connectivity index (χ3v) is 3.10. The van der Waals surface area contributed by atoms with E-state index in [1.54, 1.807) is 7.11 Å². The molecule has 0 aliphatic carbocycles. The van der Waals surface area contributed by atoms with Gasteiger partial charge in [-0.2, -0.15) is 0 Å². The second-order valence-electron chi connectivity index (χ2n) is 4.88. The minimum Gasteiger partial charge on any atom is -0.496 e. The highest BCUT2D eigenvalue weighted by molar-refractivity contribution is 5.69. The molecule has 1 aromatic carbocycles. The Hall–Kier alpha value is -1.51. The molecule has 0 N–H and O–H groups in total. The summed E-state index contributed by atoms with van der Waals surface area (Å²) >= 11 is 0. The third-order valence-electron chi connectivity index (χ3n) is 3.10. The fourth-order valence-electron chi connectivity index (χ4n) is 2.01. The van der Waals surface area contributed by atoms with Crippen molar-refractivity contribution in [1.82, 2.24) is 0 Å². The summed E-state index contributed by atoms with van der Waals surface area (Å²) < 4.78 is 10.3. The van der Waals surface area contributed by atoms with E-state index in [0.717, 1.165) is 24.2 Å². The van der Waals surface area contributed by atoms with Gasteiger partial charge in [0.05, 0.1) is 13.7 Å². The number of hydrogen-bond acceptors (Lipinski definition) is 3. The average molecular weight is 264 g/mol. The van der Waals surface area contributed by atoms with E-state index in [9.17, 15) is 4.79 Å². The van der Waals surface area contributed by atoms with Gasteiger partial charge in [0, 0.05) is 6.42 Å². The first-order valence-electron chi connectivity index (χ1n) is 6.90. The molecule has 1 aromatic rings. The maximum absolute atomic E-state index is 11.3. The summed E-state index contributed by atoms with van der Waals surface area (Å²) in [5, 5.41) is 0. The van der Waals surface area contributed by atoms with Crippen LogP contribution in [0.1, 0.15) is 50.7 Å². The number of carbonyl (C=O) groups is 1. The highest BCUT2D eigenvalue weighted by Crippen LogP contribution is 2.25. The van der Waals surface area contributed by atoms with Gasteiger partial charge in [-0.1, -0.05) is 26.0 Å². The number of rotatable bonds is 7. The molecule has 19 heavy (non-hydrogen) atoms. The molecular weight excluding hydrogens is 240 g/mol. The van der Waals surface area contributed by atoms with Crippen LogP contribution in [0.2, 0.25) is 0 Å². The van der Waals surface area contributed by atoms with Gasteiger partial charge in [-0.3, -0.25) is 4.79 Å². The molecule has 0 aliphatic rings. The Morgan fingerprint density at radius 2 is 2.05 bits per heavy atom. The minimum absolute atomic E-state index is 0.124. The molecule has 1 rings (SSSR count). The number of esters is 1. The number of aryl methyl sites for hydroxylation is 1. The van der Waals surface area contributed by atoms with E-state index in [2.05, 4.69) is 26.0 Å². The molecule has 3 heteroatoms. The van der Waals surface area contributed by atoms with Gasteiger partial charge < -0.3 is 9.47 Å². The Morgan fingerprint density at radius 1 is 1.32 bits per heavy atom. The van der Waals surface area contributed by atoms with Crippen molar-refractivity contribution in [2.45, 2.75) is 46.0 Å². The summed E-state index contributed by atoms with van der Waals surface area (Å²) in [5.41, 5.74) is 2.46. The largest absolute Gasteiger partial charge is 0.496 e. The highest BCUT2D eigenvalue weighted by Gasteiger charge is 2.08. The van der Waals surface area contributed by atoms with E-state index in [-0.39, 0.29) is 5.97 Å². The van der Waals surface area contributed by atoms with Crippen molar-refractivity contribution in [2.75, 3.05) is 13.7 Å². The van der Waals surface area contributed by atoms with Crippen molar-refractivity contribution in [3.63, 3.8) is 0 Å². The van der Waals surface area contributed by atoms with Crippen LogP contribution in [0.25, 0.3) is 0 Å². The Kier molecular flexibility index (Phi) is 6.40. The first-order chi connectivity index (χ1) is 9.08. The van der Waals surface area contributed by atoms with Crippen LogP contribution in [0.5, 0.6) is 5.75 Å². The quantitative estimate of drug-likeness (QED) is 0.704. The molecule has 106 valence electrons. The van der Waals surface area contributed by atoms with Crippen LogP contribution in [0.3, 0.4) is 0 Å². The zero-order valence-corrected chi connectivity index (χ0v) is 12.4. The van der Waals surface area contributed by atoms with Gasteiger partial charge in [-0.15, -0.1) is 0 Å². The van der Waals surface area contributed by atoms with Crippen molar-refractivity contribution in [2.24, 2.45) is 0 Å². The topological polar surface area (TPSA) is 35.5 Å². The molecule has 0 saturated heterocycles. The number of benzene rings is 1. The van der Waals surface area contributed by atoms with E-state index in [4.69, 9.17) is 9.47 Å².